The van der Waals surface area contributed by atoms with Crippen molar-refractivity contribution in [1.29, 1.82) is 0 Å². The lowest BCUT2D eigenvalue weighted by Gasteiger charge is -2.00. The average molecular weight is 205 g/mol. The van der Waals surface area contributed by atoms with Crippen LogP contribution in [0.2, 0.25) is 0 Å². The van der Waals surface area contributed by atoms with Crippen LogP contribution >= 0.6 is 0 Å². The van der Waals surface area contributed by atoms with E-state index in [0.717, 1.165) is 11.1 Å². The van der Waals surface area contributed by atoms with Gasteiger partial charge in [-0.2, -0.15) is 0 Å². The zero-order valence-electron chi connectivity index (χ0n) is 8.95. The number of carbonyl (C=O) groups excluding carboxylic acids is 1. The Bertz CT molecular complexity index is 383. The minimum absolute atomic E-state index is 0.0402. The fourth-order valence-electron chi connectivity index (χ4n) is 1.18. The number of carbonyl (C=O) groups is 1. The maximum Gasteiger partial charge on any atom is 0.217 e. The number of phenols is 1. The third kappa shape index (κ3) is 3.85. The van der Waals surface area contributed by atoms with Gasteiger partial charge in [-0.1, -0.05) is 18.2 Å². The Hall–Kier alpha value is -1.77. The molecule has 0 radical (unpaired) electrons. The normalized spacial score (nSPS) is 10.5. The minimum Gasteiger partial charge on any atom is -0.508 e. The van der Waals surface area contributed by atoms with Crippen molar-refractivity contribution in [1.82, 2.24) is 5.32 Å². The lowest BCUT2D eigenvalue weighted by atomic mass is 10.1. The molecule has 1 aromatic carbocycles. The molecule has 0 saturated heterocycles. The van der Waals surface area contributed by atoms with Crippen LogP contribution in [0, 0.1) is 6.92 Å². The molecule has 0 fully saturated rings. The smallest absolute Gasteiger partial charge is 0.217 e. The number of phenolic OH excluding ortho intramolecular Hbond substituents is 1. The molecular weight excluding hydrogens is 190 g/mol. The van der Waals surface area contributed by atoms with Crippen molar-refractivity contribution in [3.63, 3.8) is 0 Å². The van der Waals surface area contributed by atoms with E-state index in [1.807, 2.05) is 31.2 Å². The summed E-state index contributed by atoms with van der Waals surface area (Å²) in [4.78, 5) is 10.6. The van der Waals surface area contributed by atoms with Crippen molar-refractivity contribution in [2.75, 3.05) is 6.54 Å². The molecule has 3 nitrogen and oxygen atoms in total. The van der Waals surface area contributed by atoms with Gasteiger partial charge in [0.1, 0.15) is 5.75 Å². The van der Waals surface area contributed by atoms with E-state index in [0.29, 0.717) is 12.3 Å². The van der Waals surface area contributed by atoms with Gasteiger partial charge in [-0.3, -0.25) is 4.79 Å². The lowest BCUT2D eigenvalue weighted by molar-refractivity contribution is -0.118. The number of aromatic hydroxyl groups is 1. The molecule has 15 heavy (non-hydrogen) atoms. The first-order valence-electron chi connectivity index (χ1n) is 4.80. The minimum atomic E-state index is -0.0402. The third-order valence-corrected chi connectivity index (χ3v) is 2.00. The zero-order valence-corrected chi connectivity index (χ0v) is 8.95. The molecule has 2 N–H and O–H groups in total. The molecule has 0 heterocycles. The maximum atomic E-state index is 10.6. The molecule has 0 saturated carbocycles. The third-order valence-electron chi connectivity index (χ3n) is 2.00. The fourth-order valence-corrected chi connectivity index (χ4v) is 1.18. The van der Waals surface area contributed by atoms with Crippen molar-refractivity contribution in [3.05, 3.63) is 35.4 Å². The van der Waals surface area contributed by atoms with E-state index in [1.54, 1.807) is 6.07 Å². The molecule has 1 amide bonds. The molecule has 0 aliphatic heterocycles. The Morgan fingerprint density at radius 2 is 2.27 bits per heavy atom. The first kappa shape index (κ1) is 11.3. The van der Waals surface area contributed by atoms with E-state index < -0.39 is 0 Å². The van der Waals surface area contributed by atoms with Crippen LogP contribution in [0.15, 0.2) is 24.3 Å². The number of rotatable bonds is 3. The van der Waals surface area contributed by atoms with Gasteiger partial charge in [0.15, 0.2) is 0 Å². The van der Waals surface area contributed by atoms with Crippen molar-refractivity contribution in [2.24, 2.45) is 0 Å². The summed E-state index contributed by atoms with van der Waals surface area (Å²) < 4.78 is 0. The number of aryl methyl sites for hydroxylation is 1. The van der Waals surface area contributed by atoms with E-state index in [2.05, 4.69) is 5.32 Å². The highest BCUT2D eigenvalue weighted by Crippen LogP contribution is 2.17. The molecule has 0 aliphatic carbocycles. The van der Waals surface area contributed by atoms with Crippen molar-refractivity contribution in [3.8, 4) is 5.75 Å². The number of benzene rings is 1. The summed E-state index contributed by atoms with van der Waals surface area (Å²) in [7, 11) is 0. The highest BCUT2D eigenvalue weighted by molar-refractivity contribution is 5.73. The second kappa shape index (κ2) is 5.20. The van der Waals surface area contributed by atoms with Crippen LogP contribution in [-0.2, 0) is 4.79 Å². The van der Waals surface area contributed by atoms with Gasteiger partial charge < -0.3 is 10.4 Å². The highest BCUT2D eigenvalue weighted by Gasteiger charge is 1.94. The Morgan fingerprint density at radius 3 is 2.87 bits per heavy atom. The lowest BCUT2D eigenvalue weighted by Crippen LogP contribution is -2.19. The molecule has 80 valence electrons. The van der Waals surface area contributed by atoms with Gasteiger partial charge in [0.25, 0.3) is 0 Å². The molecule has 0 bridgehead atoms. The van der Waals surface area contributed by atoms with Crippen LogP contribution in [0.3, 0.4) is 0 Å². The summed E-state index contributed by atoms with van der Waals surface area (Å²) in [6, 6.07) is 5.37. The van der Waals surface area contributed by atoms with Gasteiger partial charge in [-0.25, -0.2) is 0 Å². The van der Waals surface area contributed by atoms with E-state index in [9.17, 15) is 9.90 Å². The molecule has 0 spiro atoms. The van der Waals surface area contributed by atoms with E-state index >= 15 is 0 Å². The molecule has 0 atom stereocenters. The maximum absolute atomic E-state index is 10.6. The standard InChI is InChI=1S/C12H15NO2/c1-9-8-11(5-6-12(9)15)4-3-7-13-10(2)14/h3-6,8,15H,7H2,1-2H3,(H,13,14). The Morgan fingerprint density at radius 1 is 1.53 bits per heavy atom. The summed E-state index contributed by atoms with van der Waals surface area (Å²) in [5, 5.41) is 12.0. The van der Waals surface area contributed by atoms with Crippen molar-refractivity contribution >= 4 is 12.0 Å². The Kier molecular flexibility index (Phi) is 3.92. The quantitative estimate of drug-likeness (QED) is 0.791. The molecule has 1 rings (SSSR count). The summed E-state index contributed by atoms with van der Waals surface area (Å²) in [5.41, 5.74) is 1.85. The molecular formula is C12H15NO2. The SMILES string of the molecule is CC(=O)NCC=Cc1ccc(O)c(C)c1. The summed E-state index contributed by atoms with van der Waals surface area (Å²) in [6.07, 6.45) is 3.77. The van der Waals surface area contributed by atoms with Crippen LogP contribution in [0.25, 0.3) is 6.08 Å². The largest absolute Gasteiger partial charge is 0.508 e. The predicted octanol–water partition coefficient (Wildman–Crippen LogP) is 1.85. The van der Waals surface area contributed by atoms with Gasteiger partial charge in [0.05, 0.1) is 0 Å². The summed E-state index contributed by atoms with van der Waals surface area (Å²) in [6.45, 7) is 3.86. The van der Waals surface area contributed by atoms with Crippen LogP contribution < -0.4 is 5.32 Å². The predicted molar refractivity (Wildman–Crippen MR) is 60.6 cm³/mol. The van der Waals surface area contributed by atoms with E-state index in [1.165, 1.54) is 6.92 Å². The number of nitrogens with one attached hydrogen (secondary N) is 1. The van der Waals surface area contributed by atoms with E-state index in [4.69, 9.17) is 0 Å². The zero-order chi connectivity index (χ0) is 11.3. The van der Waals surface area contributed by atoms with Crippen molar-refractivity contribution in [2.45, 2.75) is 13.8 Å². The molecule has 0 aromatic heterocycles. The molecule has 3 heteroatoms. The van der Waals surface area contributed by atoms with Gasteiger partial charge >= 0.3 is 0 Å². The van der Waals surface area contributed by atoms with Crippen LogP contribution in [0.1, 0.15) is 18.1 Å². The van der Waals surface area contributed by atoms with Crippen LogP contribution in [-0.4, -0.2) is 17.6 Å². The van der Waals surface area contributed by atoms with Gasteiger partial charge in [-0.05, 0) is 30.2 Å². The average Bonchev–Trinajstić information content (AvgIpc) is 2.18. The fraction of sp³-hybridized carbons (Fsp3) is 0.250. The first-order chi connectivity index (χ1) is 7.09. The monoisotopic (exact) mass is 205 g/mol. The topological polar surface area (TPSA) is 49.3 Å². The van der Waals surface area contributed by atoms with Gasteiger partial charge in [0.2, 0.25) is 5.91 Å². The van der Waals surface area contributed by atoms with Gasteiger partial charge in [-0.15, -0.1) is 0 Å². The van der Waals surface area contributed by atoms with Crippen molar-refractivity contribution < 1.29 is 9.90 Å². The highest BCUT2D eigenvalue weighted by atomic mass is 16.3. The second-order valence-electron chi connectivity index (χ2n) is 3.39. The van der Waals surface area contributed by atoms with Gasteiger partial charge in [0, 0.05) is 13.5 Å². The van der Waals surface area contributed by atoms with Crippen LogP contribution in [0.4, 0.5) is 0 Å². The van der Waals surface area contributed by atoms with Crippen LogP contribution in [0.5, 0.6) is 5.75 Å². The summed E-state index contributed by atoms with van der Waals surface area (Å²) >= 11 is 0. The molecule has 0 unspecified atom stereocenters. The second-order valence-corrected chi connectivity index (χ2v) is 3.39. The Balaban J connectivity index is 2.57. The Labute approximate surface area is 89.4 Å². The number of amides is 1. The number of hydrogen-bond donors (Lipinski definition) is 2. The van der Waals surface area contributed by atoms with E-state index in [-0.39, 0.29) is 5.91 Å². The molecule has 1 aromatic rings. The first-order valence-corrected chi connectivity index (χ1v) is 4.80. The molecule has 0 aliphatic rings. The summed E-state index contributed by atoms with van der Waals surface area (Å²) in [5.74, 6) is 0.260. The number of hydrogen-bond acceptors (Lipinski definition) is 2.